The number of para-hydroxylation sites is 1. The van der Waals surface area contributed by atoms with Gasteiger partial charge in [-0.15, -0.1) is 0 Å². The lowest BCUT2D eigenvalue weighted by atomic mass is 9.82. The molecule has 142 valence electrons. The molecular formula is C20H16N2O5S. The van der Waals surface area contributed by atoms with Crippen molar-refractivity contribution in [2.45, 2.75) is 0 Å². The first-order chi connectivity index (χ1) is 13.4. The number of rotatable bonds is 2. The lowest BCUT2D eigenvalue weighted by Gasteiger charge is -2.19. The van der Waals surface area contributed by atoms with Gasteiger partial charge < -0.3 is 15.7 Å². The number of nitrogen functional groups attached to an aromatic ring is 2. The van der Waals surface area contributed by atoms with E-state index >= 15 is 0 Å². The van der Waals surface area contributed by atoms with E-state index in [0.717, 1.165) is 0 Å². The topological polar surface area (TPSA) is 130 Å². The molecule has 1 aliphatic carbocycles. The molecule has 0 aromatic heterocycles. The van der Waals surface area contributed by atoms with Crippen LogP contribution in [-0.4, -0.2) is 20.0 Å². The minimum atomic E-state index is -2.78. The highest BCUT2D eigenvalue weighted by Gasteiger charge is 2.32. The molecule has 0 bridgehead atoms. The first kappa shape index (κ1) is 19.1. The molecule has 8 heteroatoms. The molecule has 0 heterocycles. The summed E-state index contributed by atoms with van der Waals surface area (Å²) in [6.45, 7) is 0. The Labute approximate surface area is 162 Å². The van der Waals surface area contributed by atoms with Crippen molar-refractivity contribution in [3.63, 3.8) is 0 Å². The quantitative estimate of drug-likeness (QED) is 0.350. The van der Waals surface area contributed by atoms with Crippen LogP contribution in [0.5, 0.6) is 5.75 Å². The second-order valence-electron chi connectivity index (χ2n) is 5.83. The van der Waals surface area contributed by atoms with Gasteiger partial charge in [-0.3, -0.25) is 9.59 Å². The molecule has 0 aliphatic heterocycles. The summed E-state index contributed by atoms with van der Waals surface area (Å²) in [6, 6.07) is 18.1. The van der Waals surface area contributed by atoms with E-state index in [1.807, 2.05) is 0 Å². The Kier molecular flexibility index (Phi) is 5.42. The van der Waals surface area contributed by atoms with Gasteiger partial charge in [-0.25, -0.2) is 0 Å². The molecule has 0 fully saturated rings. The smallest absolute Gasteiger partial charge is 0.299 e. The normalized spacial score (nSPS) is 11.9. The number of hydrogen-bond acceptors (Lipinski definition) is 7. The van der Waals surface area contributed by atoms with E-state index in [-0.39, 0.29) is 22.7 Å². The zero-order valence-electron chi connectivity index (χ0n) is 14.5. The van der Waals surface area contributed by atoms with E-state index < -0.39 is 11.0 Å². The highest BCUT2D eigenvalue weighted by Crippen LogP contribution is 2.33. The van der Waals surface area contributed by atoms with E-state index in [9.17, 15) is 18.0 Å². The van der Waals surface area contributed by atoms with Crippen LogP contribution in [0.3, 0.4) is 0 Å². The summed E-state index contributed by atoms with van der Waals surface area (Å²) in [6.07, 6.45) is 0. The molecule has 0 unspecified atom stereocenters. The van der Waals surface area contributed by atoms with Crippen LogP contribution in [0.1, 0.15) is 31.8 Å². The zero-order valence-corrected chi connectivity index (χ0v) is 15.4. The van der Waals surface area contributed by atoms with Gasteiger partial charge in [-0.2, -0.15) is 8.42 Å². The lowest BCUT2D eigenvalue weighted by molar-refractivity contribution is 0.0980. The molecule has 3 aromatic carbocycles. The van der Waals surface area contributed by atoms with Gasteiger partial charge in [0, 0.05) is 22.5 Å². The summed E-state index contributed by atoms with van der Waals surface area (Å²) in [5.74, 6) is -0.145. The van der Waals surface area contributed by atoms with Gasteiger partial charge in [0.05, 0.1) is 11.1 Å². The molecule has 0 saturated heterocycles. The van der Waals surface area contributed by atoms with Crippen LogP contribution in [0.2, 0.25) is 0 Å². The van der Waals surface area contributed by atoms with E-state index in [4.69, 9.17) is 11.5 Å². The van der Waals surface area contributed by atoms with E-state index in [1.54, 1.807) is 66.7 Å². The number of benzene rings is 3. The van der Waals surface area contributed by atoms with Gasteiger partial charge in [-0.1, -0.05) is 42.5 Å². The largest absolute Gasteiger partial charge is 0.398 e. The molecule has 4 N–H and O–H groups in total. The van der Waals surface area contributed by atoms with Crippen molar-refractivity contribution < 1.29 is 22.2 Å². The van der Waals surface area contributed by atoms with Crippen molar-refractivity contribution in [2.24, 2.45) is 0 Å². The second kappa shape index (κ2) is 7.93. The third-order valence-electron chi connectivity index (χ3n) is 4.06. The Balaban J connectivity index is 0.000000192. The van der Waals surface area contributed by atoms with E-state index in [2.05, 4.69) is 4.18 Å². The third kappa shape index (κ3) is 3.72. The maximum absolute atomic E-state index is 12.3. The predicted octanol–water partition coefficient (Wildman–Crippen LogP) is 2.22. The van der Waals surface area contributed by atoms with Crippen molar-refractivity contribution in [1.82, 2.24) is 0 Å². The Morgan fingerprint density at radius 1 is 0.643 bits per heavy atom. The highest BCUT2D eigenvalue weighted by molar-refractivity contribution is 7.67. The highest BCUT2D eigenvalue weighted by atomic mass is 32.2. The number of hydrogen-bond donors (Lipinski definition) is 3. The number of carbonyl (C=O) groups excluding carboxylic acids is 2. The maximum Gasteiger partial charge on any atom is 0.299 e. The standard InChI is InChI=1S/C14H10N2O2.C6H6O3S/c15-9-5-1-3-7-11(9)14(18)8-4-2-6-10(16)12(8)13(7)17;7-10(8)9-6-4-2-1-3-5-6/h1-6H,15-16H2;1-5,10H. The number of fused-ring (bicyclic) bond motifs is 2. The summed E-state index contributed by atoms with van der Waals surface area (Å²) in [7, 11) is -2.78. The van der Waals surface area contributed by atoms with E-state index in [1.165, 1.54) is 0 Å². The fraction of sp³-hybridized carbons (Fsp3) is 0. The lowest BCUT2D eigenvalue weighted by Crippen LogP contribution is -2.23. The maximum atomic E-state index is 12.3. The first-order valence-electron chi connectivity index (χ1n) is 8.14. The minimum absolute atomic E-state index is 0.245. The summed E-state index contributed by atoms with van der Waals surface area (Å²) in [5.41, 5.74) is 13.4. The summed E-state index contributed by atoms with van der Waals surface area (Å²) < 4.78 is 24.3. The fourth-order valence-corrected chi connectivity index (χ4v) is 3.16. The third-order valence-corrected chi connectivity index (χ3v) is 4.42. The summed E-state index contributed by atoms with van der Waals surface area (Å²) >= 11 is 0. The molecule has 0 amide bonds. The Morgan fingerprint density at radius 2 is 1.11 bits per heavy atom. The van der Waals surface area contributed by atoms with Crippen molar-refractivity contribution in [3.8, 4) is 5.75 Å². The summed E-state index contributed by atoms with van der Waals surface area (Å²) in [4.78, 5) is 24.7. The van der Waals surface area contributed by atoms with Gasteiger partial charge in [0.2, 0.25) is 0 Å². The molecule has 3 aromatic rings. The van der Waals surface area contributed by atoms with Crippen LogP contribution in [-0.2, 0) is 11.0 Å². The Bertz CT molecular complexity index is 1070. The predicted molar refractivity (Wildman–Crippen MR) is 106 cm³/mol. The molecule has 7 nitrogen and oxygen atoms in total. The van der Waals surface area contributed by atoms with Crippen LogP contribution < -0.4 is 15.7 Å². The van der Waals surface area contributed by atoms with Crippen molar-refractivity contribution in [1.29, 1.82) is 0 Å². The van der Waals surface area contributed by atoms with Crippen LogP contribution in [0.15, 0.2) is 66.7 Å². The van der Waals surface area contributed by atoms with Crippen molar-refractivity contribution in [2.75, 3.05) is 11.5 Å². The molecule has 0 atom stereocenters. The molecule has 1 aliphatic rings. The van der Waals surface area contributed by atoms with Gasteiger partial charge >= 0.3 is 0 Å². The number of ketones is 2. The second-order valence-corrected chi connectivity index (χ2v) is 6.46. The van der Waals surface area contributed by atoms with Gasteiger partial charge in [0.1, 0.15) is 5.75 Å². The molecule has 0 spiro atoms. The SMILES string of the molecule is Nc1cccc2c1C(=O)c1cccc(N)c1C2=O.O=[SH](=O)Oc1ccccc1. The van der Waals surface area contributed by atoms with Crippen LogP contribution in [0.25, 0.3) is 0 Å². The molecule has 0 saturated carbocycles. The van der Waals surface area contributed by atoms with Crippen LogP contribution in [0, 0.1) is 0 Å². The molecular weight excluding hydrogens is 380 g/mol. The monoisotopic (exact) mass is 396 g/mol. The number of nitrogens with two attached hydrogens (primary N) is 2. The molecule has 28 heavy (non-hydrogen) atoms. The van der Waals surface area contributed by atoms with Gasteiger partial charge in [-0.05, 0) is 24.3 Å². The van der Waals surface area contributed by atoms with Crippen LogP contribution >= 0.6 is 0 Å². The number of thiol groups is 1. The zero-order chi connectivity index (χ0) is 20.3. The minimum Gasteiger partial charge on any atom is -0.398 e. The van der Waals surface area contributed by atoms with Gasteiger partial charge in [0.15, 0.2) is 11.6 Å². The number of carbonyl (C=O) groups is 2. The summed E-state index contributed by atoms with van der Waals surface area (Å²) in [5, 5.41) is 0. The van der Waals surface area contributed by atoms with Crippen LogP contribution in [0.4, 0.5) is 11.4 Å². The first-order valence-corrected chi connectivity index (χ1v) is 9.23. The van der Waals surface area contributed by atoms with E-state index in [0.29, 0.717) is 28.3 Å². The molecule has 0 radical (unpaired) electrons. The Morgan fingerprint density at radius 3 is 1.54 bits per heavy atom. The number of anilines is 2. The fourth-order valence-electron chi connectivity index (χ4n) is 2.86. The Hall–Kier alpha value is -3.65. The van der Waals surface area contributed by atoms with Crippen molar-refractivity contribution >= 4 is 33.9 Å². The molecule has 4 rings (SSSR count). The van der Waals surface area contributed by atoms with Crippen molar-refractivity contribution in [3.05, 3.63) is 89.0 Å². The van der Waals surface area contributed by atoms with Gasteiger partial charge in [0.25, 0.3) is 11.0 Å². The average molecular weight is 396 g/mol. The average Bonchev–Trinajstić information content (AvgIpc) is 2.67.